The van der Waals surface area contributed by atoms with E-state index in [1.54, 1.807) is 24.3 Å². The van der Waals surface area contributed by atoms with Gasteiger partial charge in [-0.25, -0.2) is 13.2 Å². The van der Waals surface area contributed by atoms with Crippen molar-refractivity contribution >= 4 is 17.4 Å². The number of Topliss-reactive ketones (excluding diaryl/α,β-unsaturated/α-hetero) is 1. The van der Waals surface area contributed by atoms with Crippen LogP contribution in [0.2, 0.25) is 0 Å². The van der Waals surface area contributed by atoms with Crippen molar-refractivity contribution in [3.8, 4) is 0 Å². The van der Waals surface area contributed by atoms with Crippen LogP contribution >= 0.6 is 0 Å². The third-order valence-corrected chi connectivity index (χ3v) is 5.92. The van der Waals surface area contributed by atoms with E-state index in [4.69, 9.17) is 0 Å². The smallest absolute Gasteiger partial charge is 0.249 e. The first-order valence-corrected chi connectivity index (χ1v) is 9.68. The number of anilines is 1. The van der Waals surface area contributed by atoms with Crippen molar-refractivity contribution in [1.82, 2.24) is 4.98 Å². The maximum Gasteiger partial charge on any atom is 0.249 e. The zero-order chi connectivity index (χ0) is 20.6. The van der Waals surface area contributed by atoms with Crippen LogP contribution < -0.4 is 4.90 Å². The molecule has 1 aromatic carbocycles. The number of hydrogen-bond donors (Lipinski definition) is 0. The molecule has 0 N–H and O–H groups in total. The van der Waals surface area contributed by atoms with Gasteiger partial charge in [-0.3, -0.25) is 14.6 Å². The fraction of sp³-hybridized carbons (Fsp3) is 0.409. The Morgan fingerprint density at radius 3 is 2.72 bits per heavy atom. The van der Waals surface area contributed by atoms with E-state index in [1.807, 2.05) is 0 Å². The van der Waals surface area contributed by atoms with Gasteiger partial charge in [0.05, 0.1) is 5.41 Å². The fourth-order valence-corrected chi connectivity index (χ4v) is 4.79. The Labute approximate surface area is 166 Å². The number of amides is 1. The second-order valence-corrected chi connectivity index (χ2v) is 8.12. The van der Waals surface area contributed by atoms with Crippen molar-refractivity contribution < 1.29 is 22.8 Å². The van der Waals surface area contributed by atoms with E-state index in [0.29, 0.717) is 5.69 Å². The van der Waals surface area contributed by atoms with Crippen LogP contribution in [0.4, 0.5) is 18.9 Å². The molecule has 4 nitrogen and oxygen atoms in total. The van der Waals surface area contributed by atoms with Crippen molar-refractivity contribution in [3.63, 3.8) is 0 Å². The maximum absolute atomic E-state index is 14.6. The number of rotatable bonds is 4. The molecule has 1 aliphatic carbocycles. The molecule has 7 heteroatoms. The second-order valence-electron chi connectivity index (χ2n) is 8.12. The molecule has 152 valence electrons. The van der Waals surface area contributed by atoms with Crippen LogP contribution in [0.1, 0.15) is 42.6 Å². The van der Waals surface area contributed by atoms with Crippen LogP contribution in [0, 0.1) is 17.2 Å². The van der Waals surface area contributed by atoms with E-state index in [0.717, 1.165) is 0 Å². The Bertz CT molecular complexity index is 935. The lowest BCUT2D eigenvalue weighted by Crippen LogP contribution is -2.45. The summed E-state index contributed by atoms with van der Waals surface area (Å²) in [4.78, 5) is 31.0. The number of halogens is 3. The van der Waals surface area contributed by atoms with Gasteiger partial charge in [-0.05, 0) is 49.1 Å². The number of ketones is 1. The molecule has 0 bridgehead atoms. The first-order valence-electron chi connectivity index (χ1n) is 9.68. The number of benzene rings is 1. The molecule has 1 saturated carbocycles. The summed E-state index contributed by atoms with van der Waals surface area (Å²) in [6.45, 7) is 0.263. The van der Waals surface area contributed by atoms with Crippen molar-refractivity contribution in [2.75, 3.05) is 11.4 Å². The van der Waals surface area contributed by atoms with Crippen molar-refractivity contribution in [2.45, 2.75) is 38.0 Å². The van der Waals surface area contributed by atoms with Gasteiger partial charge in [0, 0.05) is 37.7 Å². The van der Waals surface area contributed by atoms with E-state index >= 15 is 0 Å². The Balaban J connectivity index is 1.55. The molecule has 2 heterocycles. The van der Waals surface area contributed by atoms with Gasteiger partial charge in [0.2, 0.25) is 11.8 Å². The number of carbonyl (C=O) groups excluding carboxylic acids is 2. The van der Waals surface area contributed by atoms with E-state index in [-0.39, 0.29) is 37.3 Å². The van der Waals surface area contributed by atoms with E-state index in [1.165, 1.54) is 29.3 Å². The number of aromatic nitrogens is 1. The molecule has 1 amide bonds. The Kier molecular flexibility index (Phi) is 4.92. The summed E-state index contributed by atoms with van der Waals surface area (Å²) < 4.78 is 42.8. The van der Waals surface area contributed by atoms with E-state index in [9.17, 15) is 22.8 Å². The molecule has 2 fully saturated rings. The van der Waals surface area contributed by atoms with Gasteiger partial charge in [0.15, 0.2) is 5.78 Å². The summed E-state index contributed by atoms with van der Waals surface area (Å²) in [7, 11) is 0. The third-order valence-electron chi connectivity index (χ3n) is 5.92. The molecule has 1 saturated heterocycles. The number of nitrogens with zero attached hydrogens (tertiary/aromatic N) is 2. The van der Waals surface area contributed by atoms with Gasteiger partial charge in [-0.2, -0.15) is 0 Å². The summed E-state index contributed by atoms with van der Waals surface area (Å²) in [5, 5.41) is 0. The summed E-state index contributed by atoms with van der Waals surface area (Å²) in [6.07, 6.45) is 0.973. The minimum atomic E-state index is -3.03. The highest BCUT2D eigenvalue weighted by Gasteiger charge is 2.57. The molecule has 0 unspecified atom stereocenters. The second kappa shape index (κ2) is 7.28. The van der Waals surface area contributed by atoms with Gasteiger partial charge in [-0.1, -0.05) is 12.1 Å². The molecular formula is C22H21F3N2O2. The average Bonchev–Trinajstić information content (AvgIpc) is 2.96. The lowest BCUT2D eigenvalue weighted by molar-refractivity contribution is -0.143. The number of hydrogen-bond acceptors (Lipinski definition) is 3. The largest absolute Gasteiger partial charge is 0.312 e. The molecule has 2 aromatic rings. The Hall–Kier alpha value is -2.70. The molecule has 2 atom stereocenters. The average molecular weight is 402 g/mol. The summed E-state index contributed by atoms with van der Waals surface area (Å²) in [5.41, 5.74) is -0.597. The number of pyridine rings is 1. The topological polar surface area (TPSA) is 50.3 Å². The van der Waals surface area contributed by atoms with Gasteiger partial charge < -0.3 is 4.90 Å². The zero-order valence-electron chi connectivity index (χ0n) is 15.8. The SMILES string of the molecule is O=C(C[C@H]1CC(F)(F)C[C@@]2(CCN(c3cccc(F)c3)C2=O)C1)c1ccccn1. The molecular weight excluding hydrogens is 381 g/mol. The minimum Gasteiger partial charge on any atom is -0.312 e. The highest BCUT2D eigenvalue weighted by atomic mass is 19.3. The van der Waals surface area contributed by atoms with Crippen LogP contribution in [0.5, 0.6) is 0 Å². The lowest BCUT2D eigenvalue weighted by Gasteiger charge is -2.40. The number of alkyl halides is 2. The van der Waals surface area contributed by atoms with Gasteiger partial charge in [-0.15, -0.1) is 0 Å². The van der Waals surface area contributed by atoms with E-state index in [2.05, 4.69) is 4.98 Å². The Morgan fingerprint density at radius 2 is 2.00 bits per heavy atom. The zero-order valence-corrected chi connectivity index (χ0v) is 15.8. The van der Waals surface area contributed by atoms with Gasteiger partial charge in [0.1, 0.15) is 11.5 Å². The summed E-state index contributed by atoms with van der Waals surface area (Å²) in [6, 6.07) is 10.5. The molecule has 29 heavy (non-hydrogen) atoms. The maximum atomic E-state index is 14.6. The molecule has 1 spiro atoms. The standard InChI is InChI=1S/C22H21F3N2O2/c23-16-4-3-5-17(11-16)27-9-7-21(20(27)29)12-15(13-22(24,25)14-21)10-19(28)18-6-1-2-8-26-18/h1-6,8,11,15H,7,9-10,12-14H2/t15-,21-/m1/s1. The molecule has 2 aliphatic rings. The summed E-state index contributed by atoms with van der Waals surface area (Å²) >= 11 is 0. The first kappa shape index (κ1) is 19.6. The van der Waals surface area contributed by atoms with Crippen LogP contribution in [0.25, 0.3) is 0 Å². The monoisotopic (exact) mass is 402 g/mol. The predicted octanol–water partition coefficient (Wildman–Crippen LogP) is 4.65. The third kappa shape index (κ3) is 3.91. The number of carbonyl (C=O) groups is 2. The summed E-state index contributed by atoms with van der Waals surface area (Å²) in [5.74, 6) is -4.82. The van der Waals surface area contributed by atoms with Crippen molar-refractivity contribution in [3.05, 3.63) is 60.2 Å². The van der Waals surface area contributed by atoms with Crippen molar-refractivity contribution in [2.24, 2.45) is 11.3 Å². The highest BCUT2D eigenvalue weighted by Crippen LogP contribution is 2.53. The Morgan fingerprint density at radius 1 is 1.17 bits per heavy atom. The molecule has 1 aliphatic heterocycles. The van der Waals surface area contributed by atoms with Crippen molar-refractivity contribution in [1.29, 1.82) is 0 Å². The fourth-order valence-electron chi connectivity index (χ4n) is 4.79. The van der Waals surface area contributed by atoms with Crippen LogP contribution in [-0.4, -0.2) is 29.1 Å². The van der Waals surface area contributed by atoms with Crippen LogP contribution in [0.3, 0.4) is 0 Å². The molecule has 4 rings (SSSR count). The van der Waals surface area contributed by atoms with Crippen LogP contribution in [0.15, 0.2) is 48.7 Å². The quantitative estimate of drug-likeness (QED) is 0.700. The minimum absolute atomic E-state index is 0.0679. The van der Waals surface area contributed by atoms with Crippen LogP contribution in [-0.2, 0) is 4.79 Å². The predicted molar refractivity (Wildman–Crippen MR) is 101 cm³/mol. The molecule has 0 radical (unpaired) electrons. The molecule has 1 aromatic heterocycles. The first-order chi connectivity index (χ1) is 13.8. The van der Waals surface area contributed by atoms with Gasteiger partial charge in [0.25, 0.3) is 0 Å². The highest BCUT2D eigenvalue weighted by molar-refractivity contribution is 6.00. The van der Waals surface area contributed by atoms with E-state index < -0.39 is 41.8 Å². The normalized spacial score (nSPS) is 26.1. The lowest BCUT2D eigenvalue weighted by atomic mass is 9.66. The van der Waals surface area contributed by atoms with Gasteiger partial charge >= 0.3 is 0 Å².